The number of nitrogens with two attached hydrogens (primary N) is 1. The SMILES string of the molecule is CN(CCN)c1ccnc2cc(Cl)ccc12. The number of likely N-dealkylation sites (N-methyl/N-ethyl adjacent to an activating group) is 1. The molecule has 1 aromatic heterocycles. The van der Waals surface area contributed by atoms with Crippen molar-refractivity contribution >= 4 is 28.2 Å². The van der Waals surface area contributed by atoms with Gasteiger partial charge in [0.05, 0.1) is 5.52 Å². The predicted octanol–water partition coefficient (Wildman–Crippen LogP) is 2.28. The van der Waals surface area contributed by atoms with Gasteiger partial charge in [0.15, 0.2) is 0 Å². The van der Waals surface area contributed by atoms with E-state index in [1.807, 2.05) is 31.3 Å². The molecule has 0 bridgehead atoms. The third-order valence-corrected chi connectivity index (χ3v) is 2.79. The quantitative estimate of drug-likeness (QED) is 0.888. The van der Waals surface area contributed by atoms with Gasteiger partial charge in [0.25, 0.3) is 0 Å². The molecule has 0 saturated carbocycles. The van der Waals surface area contributed by atoms with E-state index in [0.29, 0.717) is 11.6 Å². The number of benzene rings is 1. The van der Waals surface area contributed by atoms with E-state index in [2.05, 4.69) is 9.88 Å². The summed E-state index contributed by atoms with van der Waals surface area (Å²) in [5.41, 5.74) is 7.60. The zero-order chi connectivity index (χ0) is 11.5. The average Bonchev–Trinajstić information content (AvgIpc) is 2.28. The number of pyridine rings is 1. The minimum Gasteiger partial charge on any atom is -0.373 e. The van der Waals surface area contributed by atoms with Gasteiger partial charge in [-0.2, -0.15) is 0 Å². The normalized spacial score (nSPS) is 10.7. The maximum Gasteiger partial charge on any atom is 0.0737 e. The Morgan fingerprint density at radius 1 is 1.38 bits per heavy atom. The fourth-order valence-electron chi connectivity index (χ4n) is 1.75. The largest absolute Gasteiger partial charge is 0.373 e. The first-order valence-corrected chi connectivity index (χ1v) is 5.55. The van der Waals surface area contributed by atoms with Crippen molar-refractivity contribution in [1.29, 1.82) is 0 Å². The highest BCUT2D eigenvalue weighted by Gasteiger charge is 2.06. The Bertz CT molecular complexity index is 499. The summed E-state index contributed by atoms with van der Waals surface area (Å²) >= 11 is 5.94. The van der Waals surface area contributed by atoms with E-state index in [9.17, 15) is 0 Å². The van der Waals surface area contributed by atoms with Gasteiger partial charge in [0.1, 0.15) is 0 Å². The Morgan fingerprint density at radius 2 is 2.19 bits per heavy atom. The van der Waals surface area contributed by atoms with Gasteiger partial charge in [-0.15, -0.1) is 0 Å². The molecular formula is C12H14ClN3. The Hall–Kier alpha value is -1.32. The second kappa shape index (κ2) is 4.68. The summed E-state index contributed by atoms with van der Waals surface area (Å²) in [4.78, 5) is 6.43. The molecule has 0 fully saturated rings. The van der Waals surface area contributed by atoms with Gasteiger partial charge < -0.3 is 10.6 Å². The van der Waals surface area contributed by atoms with E-state index < -0.39 is 0 Å². The predicted molar refractivity (Wildman–Crippen MR) is 69.1 cm³/mol. The summed E-state index contributed by atoms with van der Waals surface area (Å²) in [6, 6.07) is 7.74. The molecule has 0 aliphatic carbocycles. The van der Waals surface area contributed by atoms with Crippen LogP contribution < -0.4 is 10.6 Å². The maximum atomic E-state index is 5.94. The number of nitrogens with zero attached hydrogens (tertiary/aromatic N) is 2. The molecule has 0 saturated heterocycles. The number of hydrogen-bond acceptors (Lipinski definition) is 3. The van der Waals surface area contributed by atoms with Crippen LogP contribution in [0.15, 0.2) is 30.5 Å². The van der Waals surface area contributed by atoms with Crippen LogP contribution in [0.1, 0.15) is 0 Å². The number of hydrogen-bond donors (Lipinski definition) is 1. The van der Waals surface area contributed by atoms with Gasteiger partial charge >= 0.3 is 0 Å². The molecule has 4 heteroatoms. The fourth-order valence-corrected chi connectivity index (χ4v) is 1.92. The van der Waals surface area contributed by atoms with E-state index in [4.69, 9.17) is 17.3 Å². The third kappa shape index (κ3) is 2.10. The molecule has 1 heterocycles. The van der Waals surface area contributed by atoms with E-state index >= 15 is 0 Å². The van der Waals surface area contributed by atoms with Gasteiger partial charge in [0, 0.05) is 42.4 Å². The van der Waals surface area contributed by atoms with Crippen LogP contribution in [-0.2, 0) is 0 Å². The molecular weight excluding hydrogens is 222 g/mol. The van der Waals surface area contributed by atoms with Gasteiger partial charge in [-0.3, -0.25) is 4.98 Å². The van der Waals surface area contributed by atoms with Crippen molar-refractivity contribution in [3.8, 4) is 0 Å². The molecule has 2 rings (SSSR count). The van der Waals surface area contributed by atoms with E-state index in [1.54, 1.807) is 6.20 Å². The van der Waals surface area contributed by atoms with Crippen molar-refractivity contribution < 1.29 is 0 Å². The lowest BCUT2D eigenvalue weighted by atomic mass is 10.2. The first-order chi connectivity index (χ1) is 7.72. The molecule has 0 aliphatic heterocycles. The molecule has 16 heavy (non-hydrogen) atoms. The highest BCUT2D eigenvalue weighted by molar-refractivity contribution is 6.31. The molecule has 0 unspecified atom stereocenters. The molecule has 84 valence electrons. The number of aromatic nitrogens is 1. The summed E-state index contributed by atoms with van der Waals surface area (Å²) in [5.74, 6) is 0. The molecule has 3 nitrogen and oxygen atoms in total. The first-order valence-electron chi connectivity index (χ1n) is 5.18. The Labute approximate surface area is 99.8 Å². The van der Waals surface area contributed by atoms with Gasteiger partial charge in [-0.25, -0.2) is 0 Å². The smallest absolute Gasteiger partial charge is 0.0737 e. The van der Waals surface area contributed by atoms with E-state index in [0.717, 1.165) is 23.1 Å². The second-order valence-corrected chi connectivity index (χ2v) is 4.14. The number of anilines is 1. The highest BCUT2D eigenvalue weighted by Crippen LogP contribution is 2.26. The fraction of sp³-hybridized carbons (Fsp3) is 0.250. The van der Waals surface area contributed by atoms with Crippen molar-refractivity contribution in [1.82, 2.24) is 4.98 Å². The molecule has 2 aromatic rings. The summed E-state index contributed by atoms with van der Waals surface area (Å²) < 4.78 is 0. The minimum absolute atomic E-state index is 0.633. The van der Waals surface area contributed by atoms with Crippen LogP contribution in [0.4, 0.5) is 5.69 Å². The lowest BCUT2D eigenvalue weighted by Crippen LogP contribution is -2.25. The molecule has 0 atom stereocenters. The first kappa shape index (κ1) is 11.2. The standard InChI is InChI=1S/C12H14ClN3/c1-16(7-5-14)12-4-6-15-11-8-9(13)2-3-10(11)12/h2-4,6,8H,5,7,14H2,1H3. The van der Waals surface area contributed by atoms with E-state index in [1.165, 1.54) is 0 Å². The zero-order valence-electron chi connectivity index (χ0n) is 9.15. The molecule has 1 aromatic carbocycles. The van der Waals surface area contributed by atoms with Gasteiger partial charge in [-0.1, -0.05) is 11.6 Å². The van der Waals surface area contributed by atoms with Crippen LogP contribution in [0.3, 0.4) is 0 Å². The second-order valence-electron chi connectivity index (χ2n) is 3.70. The van der Waals surface area contributed by atoms with Crippen LogP contribution in [0.5, 0.6) is 0 Å². The van der Waals surface area contributed by atoms with Crippen molar-refractivity contribution in [2.45, 2.75) is 0 Å². The average molecular weight is 236 g/mol. The monoisotopic (exact) mass is 235 g/mol. The zero-order valence-corrected chi connectivity index (χ0v) is 9.91. The lowest BCUT2D eigenvalue weighted by Gasteiger charge is -2.19. The van der Waals surface area contributed by atoms with Gasteiger partial charge in [-0.05, 0) is 24.3 Å². The van der Waals surface area contributed by atoms with Crippen LogP contribution >= 0.6 is 11.6 Å². The van der Waals surface area contributed by atoms with Crippen molar-refractivity contribution in [2.75, 3.05) is 25.0 Å². The van der Waals surface area contributed by atoms with Crippen LogP contribution in [0.25, 0.3) is 10.9 Å². The number of rotatable bonds is 3. The minimum atomic E-state index is 0.633. The topological polar surface area (TPSA) is 42.1 Å². The summed E-state index contributed by atoms with van der Waals surface area (Å²) in [6.07, 6.45) is 1.79. The highest BCUT2D eigenvalue weighted by atomic mass is 35.5. The molecule has 0 aliphatic rings. The Morgan fingerprint density at radius 3 is 2.94 bits per heavy atom. The van der Waals surface area contributed by atoms with Crippen LogP contribution in [0.2, 0.25) is 5.02 Å². The van der Waals surface area contributed by atoms with Gasteiger partial charge in [0.2, 0.25) is 0 Å². The maximum absolute atomic E-state index is 5.94. The lowest BCUT2D eigenvalue weighted by molar-refractivity contribution is 0.888. The van der Waals surface area contributed by atoms with Crippen molar-refractivity contribution in [3.63, 3.8) is 0 Å². The number of fused-ring (bicyclic) bond motifs is 1. The Kier molecular flexibility index (Phi) is 3.27. The summed E-state index contributed by atoms with van der Waals surface area (Å²) in [6.45, 7) is 1.45. The molecule has 2 N–H and O–H groups in total. The van der Waals surface area contributed by atoms with Crippen LogP contribution in [0, 0.1) is 0 Å². The third-order valence-electron chi connectivity index (χ3n) is 2.56. The van der Waals surface area contributed by atoms with Crippen LogP contribution in [-0.4, -0.2) is 25.1 Å². The molecule has 0 amide bonds. The molecule has 0 radical (unpaired) electrons. The van der Waals surface area contributed by atoms with E-state index in [-0.39, 0.29) is 0 Å². The Balaban J connectivity index is 2.53. The molecule has 0 spiro atoms. The van der Waals surface area contributed by atoms with Crippen molar-refractivity contribution in [2.24, 2.45) is 5.73 Å². The summed E-state index contributed by atoms with van der Waals surface area (Å²) in [5, 5.41) is 1.81. The summed E-state index contributed by atoms with van der Waals surface area (Å²) in [7, 11) is 2.02. The van der Waals surface area contributed by atoms with Crippen molar-refractivity contribution in [3.05, 3.63) is 35.5 Å². The number of halogens is 1.